The maximum absolute atomic E-state index is 12.7. The summed E-state index contributed by atoms with van der Waals surface area (Å²) in [4.78, 5) is 17.7. The number of rotatable bonds is 8. The number of methoxy groups -OCH3 is 1. The zero-order valence-corrected chi connectivity index (χ0v) is 24.2. The van der Waals surface area contributed by atoms with Crippen molar-refractivity contribution in [3.63, 3.8) is 0 Å². The number of carbonyl (C=O) groups is 1. The smallest absolute Gasteiger partial charge is 0.344 e. The van der Waals surface area contributed by atoms with Gasteiger partial charge >= 0.3 is 5.97 Å². The monoisotopic (exact) mass is 633 g/mol. The summed E-state index contributed by atoms with van der Waals surface area (Å²) in [5, 5.41) is 12.2. The van der Waals surface area contributed by atoms with Crippen molar-refractivity contribution in [1.82, 2.24) is 0 Å². The van der Waals surface area contributed by atoms with Gasteiger partial charge in [-0.2, -0.15) is 0 Å². The number of ether oxygens (including phenoxy) is 3. The molecule has 0 aromatic heterocycles. The van der Waals surface area contributed by atoms with E-state index in [-0.39, 0.29) is 24.5 Å². The molecule has 1 heterocycles. The van der Waals surface area contributed by atoms with Crippen LogP contribution in [0.1, 0.15) is 18.1 Å². The zero-order valence-electron chi connectivity index (χ0n) is 20.3. The summed E-state index contributed by atoms with van der Waals surface area (Å²) in [6.07, 6.45) is 1.74. The molecule has 10 heteroatoms. The van der Waals surface area contributed by atoms with Crippen LogP contribution in [-0.4, -0.2) is 29.8 Å². The molecule has 0 atom stereocenters. The van der Waals surface area contributed by atoms with Crippen molar-refractivity contribution in [1.29, 1.82) is 0 Å². The van der Waals surface area contributed by atoms with E-state index in [1.165, 1.54) is 18.9 Å². The van der Waals surface area contributed by atoms with E-state index >= 15 is 0 Å². The lowest BCUT2D eigenvalue weighted by atomic mass is 10.1. The molecule has 0 unspecified atom stereocenters. The minimum atomic E-state index is -0.639. The molecule has 0 bridgehead atoms. The van der Waals surface area contributed by atoms with Gasteiger partial charge in [-0.1, -0.05) is 59.2 Å². The van der Waals surface area contributed by atoms with E-state index in [1.807, 2.05) is 42.5 Å². The first-order valence-electron chi connectivity index (χ1n) is 11.4. The number of aliphatic hydroxyl groups excluding tert-OH is 1. The van der Waals surface area contributed by atoms with E-state index in [1.54, 1.807) is 31.2 Å². The molecular formula is C28H22BrCl2NO5S. The number of benzene rings is 3. The van der Waals surface area contributed by atoms with Crippen molar-refractivity contribution in [2.24, 2.45) is 4.99 Å². The third kappa shape index (κ3) is 6.56. The van der Waals surface area contributed by atoms with Gasteiger partial charge in [-0.15, -0.1) is 0 Å². The number of hydrogen-bond donors (Lipinski definition) is 1. The summed E-state index contributed by atoms with van der Waals surface area (Å²) in [5.41, 5.74) is 2.22. The molecule has 0 radical (unpaired) electrons. The number of carbonyl (C=O) groups excluding carboxylic acids is 1. The highest BCUT2D eigenvalue weighted by Gasteiger charge is 2.33. The molecule has 0 spiro atoms. The highest BCUT2D eigenvalue weighted by Crippen LogP contribution is 2.42. The van der Waals surface area contributed by atoms with Crippen LogP contribution in [0, 0.1) is 0 Å². The lowest BCUT2D eigenvalue weighted by molar-refractivity contribution is -0.138. The van der Waals surface area contributed by atoms with E-state index in [9.17, 15) is 9.90 Å². The molecule has 3 aromatic rings. The fourth-order valence-corrected chi connectivity index (χ4v) is 5.44. The van der Waals surface area contributed by atoms with Gasteiger partial charge in [-0.3, -0.25) is 0 Å². The van der Waals surface area contributed by atoms with Gasteiger partial charge in [0.15, 0.2) is 11.5 Å². The zero-order chi connectivity index (χ0) is 27.2. The minimum absolute atomic E-state index is 0.0274. The summed E-state index contributed by atoms with van der Waals surface area (Å²) in [6.45, 7) is 2.12. The Morgan fingerprint density at radius 1 is 1.11 bits per heavy atom. The Bertz CT molecular complexity index is 1460. The second-order valence-electron chi connectivity index (χ2n) is 7.88. The third-order valence-electron chi connectivity index (χ3n) is 5.27. The number of thioether (sulfide) groups is 1. The van der Waals surface area contributed by atoms with Gasteiger partial charge in [-0.25, -0.2) is 9.79 Å². The van der Waals surface area contributed by atoms with Crippen molar-refractivity contribution in [2.45, 2.75) is 13.5 Å². The molecule has 6 nitrogen and oxygen atoms in total. The van der Waals surface area contributed by atoms with Crippen LogP contribution in [0.25, 0.3) is 6.08 Å². The number of halogens is 3. The van der Waals surface area contributed by atoms with Crippen molar-refractivity contribution in [2.75, 3.05) is 13.7 Å². The lowest BCUT2D eigenvalue weighted by Crippen LogP contribution is -2.12. The highest BCUT2D eigenvalue weighted by atomic mass is 79.9. The molecule has 38 heavy (non-hydrogen) atoms. The van der Waals surface area contributed by atoms with Crippen molar-refractivity contribution < 1.29 is 24.1 Å². The Hall–Kier alpha value is -2.91. The second kappa shape index (κ2) is 12.8. The number of para-hydroxylation sites is 1. The first-order valence-corrected chi connectivity index (χ1v) is 13.8. The average Bonchev–Trinajstić information content (AvgIpc) is 3.19. The SMILES string of the molecule is CCOC(=O)C1=C(O)/C(=C/c2cc(Br)c(OCc3ccc(Cl)c(Cl)c3)c(OC)c2)SC1=Nc1ccccc1. The maximum atomic E-state index is 12.7. The summed E-state index contributed by atoms with van der Waals surface area (Å²) < 4.78 is 17.4. The molecule has 1 N–H and O–H groups in total. The standard InChI is InChI=1S/C28H22BrCl2NO5S/c1-3-36-28(34)24-25(33)23(38-27(24)32-18-7-5-4-6-8-18)14-17-11-19(29)26(22(13-17)35-2)37-15-16-9-10-20(30)21(31)12-16/h4-14,33H,3,15H2,1-2H3/b23-14-,32-27?. The Balaban J connectivity index is 1.65. The van der Waals surface area contributed by atoms with Gasteiger partial charge in [-0.05, 0) is 76.5 Å². The van der Waals surface area contributed by atoms with Crippen LogP contribution in [-0.2, 0) is 16.1 Å². The summed E-state index contributed by atoms with van der Waals surface area (Å²) >= 11 is 16.8. The molecule has 1 aliphatic heterocycles. The van der Waals surface area contributed by atoms with E-state index in [2.05, 4.69) is 20.9 Å². The summed E-state index contributed by atoms with van der Waals surface area (Å²) in [5.74, 6) is 0.137. The number of hydrogen-bond acceptors (Lipinski definition) is 7. The number of esters is 1. The first kappa shape index (κ1) is 28.1. The molecule has 196 valence electrons. The van der Waals surface area contributed by atoms with Gasteiger partial charge in [0, 0.05) is 0 Å². The quantitative estimate of drug-likeness (QED) is 0.250. The van der Waals surface area contributed by atoms with E-state index < -0.39 is 5.97 Å². The Morgan fingerprint density at radius 3 is 2.55 bits per heavy atom. The van der Waals surface area contributed by atoms with Crippen molar-refractivity contribution in [3.05, 3.63) is 103 Å². The maximum Gasteiger partial charge on any atom is 0.344 e. The predicted molar refractivity (Wildman–Crippen MR) is 157 cm³/mol. The van der Waals surface area contributed by atoms with Crippen LogP contribution in [0.3, 0.4) is 0 Å². The topological polar surface area (TPSA) is 77.4 Å². The molecule has 0 saturated carbocycles. The van der Waals surface area contributed by atoms with Gasteiger partial charge in [0.1, 0.15) is 23.0 Å². The number of nitrogens with zero attached hydrogens (tertiary/aromatic N) is 1. The predicted octanol–water partition coefficient (Wildman–Crippen LogP) is 8.54. The fourth-order valence-electron chi connectivity index (χ4n) is 3.51. The summed E-state index contributed by atoms with van der Waals surface area (Å²) in [7, 11) is 1.54. The molecule has 1 aliphatic rings. The van der Waals surface area contributed by atoms with Gasteiger partial charge in [0.05, 0.1) is 38.8 Å². The second-order valence-corrected chi connectivity index (χ2v) is 10.6. The lowest BCUT2D eigenvalue weighted by Gasteiger charge is -2.14. The molecule has 3 aromatic carbocycles. The van der Waals surface area contributed by atoms with Crippen LogP contribution >= 0.6 is 50.9 Å². The minimum Gasteiger partial charge on any atom is -0.506 e. The molecule has 0 saturated heterocycles. The van der Waals surface area contributed by atoms with Crippen molar-refractivity contribution >= 4 is 73.7 Å². The molecule has 0 aliphatic carbocycles. The first-order chi connectivity index (χ1) is 18.3. The number of aliphatic imine (C=N–C) groups is 1. The molecule has 4 rings (SSSR count). The third-order valence-corrected chi connectivity index (χ3v) is 7.62. The molecule has 0 amide bonds. The molecule has 0 fully saturated rings. The number of aliphatic hydroxyl groups is 1. The summed E-state index contributed by atoms with van der Waals surface area (Å²) in [6, 6.07) is 18.1. The van der Waals surface area contributed by atoms with Crippen LogP contribution in [0.2, 0.25) is 10.0 Å². The van der Waals surface area contributed by atoms with Crippen LogP contribution in [0.5, 0.6) is 11.5 Å². The highest BCUT2D eigenvalue weighted by molar-refractivity contribution is 9.10. The van der Waals surface area contributed by atoms with Crippen LogP contribution < -0.4 is 9.47 Å². The van der Waals surface area contributed by atoms with Crippen LogP contribution in [0.15, 0.2) is 86.4 Å². The van der Waals surface area contributed by atoms with E-state index in [4.69, 9.17) is 37.4 Å². The van der Waals surface area contributed by atoms with E-state index in [0.29, 0.717) is 47.2 Å². The average molecular weight is 635 g/mol. The molecular weight excluding hydrogens is 613 g/mol. The fraction of sp³-hybridized carbons (Fsp3) is 0.143. The van der Waals surface area contributed by atoms with Gasteiger partial charge in [0.25, 0.3) is 0 Å². The Kier molecular flexibility index (Phi) is 9.44. The van der Waals surface area contributed by atoms with E-state index in [0.717, 1.165) is 5.56 Å². The van der Waals surface area contributed by atoms with Crippen LogP contribution in [0.4, 0.5) is 5.69 Å². The van der Waals surface area contributed by atoms with Gasteiger partial charge in [0.2, 0.25) is 0 Å². The Labute approximate surface area is 243 Å². The van der Waals surface area contributed by atoms with Gasteiger partial charge < -0.3 is 19.3 Å². The normalized spacial score (nSPS) is 15.3. The Morgan fingerprint density at radius 2 is 1.87 bits per heavy atom. The largest absolute Gasteiger partial charge is 0.506 e. The van der Waals surface area contributed by atoms with Crippen molar-refractivity contribution in [3.8, 4) is 11.5 Å².